The van der Waals surface area contributed by atoms with E-state index in [-0.39, 0.29) is 45.8 Å². The highest BCUT2D eigenvalue weighted by molar-refractivity contribution is 6.35. The maximum atomic E-state index is 13.8. The summed E-state index contributed by atoms with van der Waals surface area (Å²) in [6.45, 7) is 1.80. The van der Waals surface area contributed by atoms with E-state index >= 15 is 0 Å². The number of benzene rings is 2. The third-order valence-corrected chi connectivity index (χ3v) is 6.03. The number of carbonyl (C=O) groups excluding carboxylic acids is 1. The van der Waals surface area contributed by atoms with Gasteiger partial charge in [0.25, 0.3) is 0 Å². The molecule has 1 aliphatic carbocycles. The molecular formula is C24H23Cl2F3N2O3. The average molecular weight is 515 g/mol. The molecule has 2 aromatic carbocycles. The van der Waals surface area contributed by atoms with Gasteiger partial charge in [0.15, 0.2) is 0 Å². The Morgan fingerprint density at radius 1 is 1.24 bits per heavy atom. The lowest BCUT2D eigenvalue weighted by atomic mass is 9.98. The molecule has 0 aliphatic heterocycles. The first-order valence-electron chi connectivity index (χ1n) is 10.4. The van der Waals surface area contributed by atoms with Crippen LogP contribution in [0, 0.1) is 0 Å². The van der Waals surface area contributed by atoms with E-state index in [2.05, 4.69) is 10.5 Å². The lowest BCUT2D eigenvalue weighted by Crippen LogP contribution is -2.30. The number of hydrogen-bond acceptors (Lipinski definition) is 4. The first kappa shape index (κ1) is 26.1. The van der Waals surface area contributed by atoms with Gasteiger partial charge in [-0.1, -0.05) is 40.5 Å². The summed E-state index contributed by atoms with van der Waals surface area (Å²) >= 11 is 11.8. The first-order chi connectivity index (χ1) is 16.0. The number of rotatable bonds is 7. The summed E-state index contributed by atoms with van der Waals surface area (Å²) in [6, 6.07) is 8.36. The summed E-state index contributed by atoms with van der Waals surface area (Å²) in [5, 5.41) is 15.7. The number of ether oxygens (including phenoxy) is 1. The molecule has 0 heterocycles. The highest BCUT2D eigenvalue weighted by Crippen LogP contribution is 2.37. The van der Waals surface area contributed by atoms with E-state index in [4.69, 9.17) is 27.9 Å². The number of hydrogen-bond donors (Lipinski definition) is 2. The zero-order chi connectivity index (χ0) is 25.0. The number of methoxy groups -OCH3 is 1. The molecule has 0 saturated carbocycles. The number of alkyl halides is 3. The Morgan fingerprint density at radius 3 is 2.50 bits per heavy atom. The van der Waals surface area contributed by atoms with Crippen LogP contribution in [0.2, 0.25) is 10.0 Å². The molecule has 0 bridgehead atoms. The average Bonchev–Trinajstić information content (AvgIpc) is 3.14. The Hall–Kier alpha value is -2.55. The summed E-state index contributed by atoms with van der Waals surface area (Å²) in [7, 11) is 1.53. The van der Waals surface area contributed by atoms with Crippen molar-refractivity contribution >= 4 is 40.4 Å². The van der Waals surface area contributed by atoms with Gasteiger partial charge in [0.05, 0.1) is 24.1 Å². The molecule has 2 N–H and O–H groups in total. The molecule has 34 heavy (non-hydrogen) atoms. The number of halogens is 5. The number of amides is 1. The predicted molar refractivity (Wildman–Crippen MR) is 126 cm³/mol. The minimum atomic E-state index is -4.75. The van der Waals surface area contributed by atoms with Gasteiger partial charge in [-0.05, 0) is 66.8 Å². The summed E-state index contributed by atoms with van der Waals surface area (Å²) in [5.74, 6) is -0.146. The molecule has 3 rings (SSSR count). The quantitative estimate of drug-likeness (QED) is 0.257. The van der Waals surface area contributed by atoms with E-state index in [0.29, 0.717) is 18.4 Å². The smallest absolute Gasteiger partial charge is 0.410 e. The molecule has 0 aromatic heterocycles. The van der Waals surface area contributed by atoms with Crippen molar-refractivity contribution < 1.29 is 27.9 Å². The van der Waals surface area contributed by atoms with Gasteiger partial charge in [0.2, 0.25) is 5.91 Å². The van der Waals surface area contributed by atoms with Gasteiger partial charge < -0.3 is 15.3 Å². The Bertz CT molecular complexity index is 1110. The summed E-state index contributed by atoms with van der Waals surface area (Å²) in [4.78, 5) is 12.2. The van der Waals surface area contributed by atoms with Crippen LogP contribution in [-0.2, 0) is 16.0 Å². The van der Waals surface area contributed by atoms with E-state index < -0.39 is 11.7 Å². The van der Waals surface area contributed by atoms with Crippen LogP contribution in [0.4, 0.5) is 13.2 Å². The molecule has 5 nitrogen and oxygen atoms in total. The minimum Gasteiger partial charge on any atom is -0.410 e. The summed E-state index contributed by atoms with van der Waals surface area (Å²) < 4.78 is 46.7. The fourth-order valence-electron chi connectivity index (χ4n) is 3.87. The third kappa shape index (κ3) is 6.31. The molecule has 0 saturated heterocycles. The van der Waals surface area contributed by atoms with Crippen molar-refractivity contribution in [3.8, 4) is 0 Å². The van der Waals surface area contributed by atoms with Crippen molar-refractivity contribution in [3.63, 3.8) is 0 Å². The Kier molecular flexibility index (Phi) is 8.28. The maximum Gasteiger partial charge on any atom is 0.417 e. The number of nitrogens with zero attached hydrogens (tertiary/aromatic N) is 1. The molecule has 10 heteroatoms. The molecule has 2 unspecified atom stereocenters. The second-order valence-corrected chi connectivity index (χ2v) is 8.89. The van der Waals surface area contributed by atoms with Crippen molar-refractivity contribution in [2.75, 3.05) is 7.11 Å². The van der Waals surface area contributed by atoms with E-state index in [1.807, 2.05) is 0 Å². The maximum absolute atomic E-state index is 13.8. The zero-order valence-electron chi connectivity index (χ0n) is 18.4. The van der Waals surface area contributed by atoms with Crippen LogP contribution >= 0.6 is 23.2 Å². The van der Waals surface area contributed by atoms with Gasteiger partial charge in [0, 0.05) is 22.7 Å². The normalized spacial score (nSPS) is 17.4. The molecule has 182 valence electrons. The Morgan fingerprint density at radius 2 is 1.91 bits per heavy atom. The van der Waals surface area contributed by atoms with Crippen LogP contribution in [0.5, 0.6) is 0 Å². The fraction of sp³-hybridized carbons (Fsp3) is 0.333. The number of carbonyl (C=O) groups is 1. The fourth-order valence-corrected chi connectivity index (χ4v) is 4.40. The second kappa shape index (κ2) is 10.8. The van der Waals surface area contributed by atoms with Gasteiger partial charge in [-0.15, -0.1) is 0 Å². The minimum absolute atomic E-state index is 0.0469. The molecule has 2 aromatic rings. The zero-order valence-corrected chi connectivity index (χ0v) is 19.9. The first-order valence-corrected chi connectivity index (χ1v) is 11.2. The van der Waals surface area contributed by atoms with Crippen LogP contribution in [0.25, 0.3) is 5.57 Å². The van der Waals surface area contributed by atoms with E-state index in [1.54, 1.807) is 25.1 Å². The summed E-state index contributed by atoms with van der Waals surface area (Å²) in [6.07, 6.45) is -2.72. The van der Waals surface area contributed by atoms with Gasteiger partial charge in [0.1, 0.15) is 5.71 Å². The number of fused-ring (bicyclic) bond motifs is 1. The number of aryl methyl sites for hydroxylation is 1. The SMILES string of the molecule is COC(C)CC(=O)NC1CCc2cc(C(/C=C(\c3cc(Cl)cc(Cl)c3)C(F)(F)F)=N\O)ccc21. The van der Waals surface area contributed by atoms with Crippen molar-refractivity contribution in [1.82, 2.24) is 5.32 Å². The topological polar surface area (TPSA) is 70.9 Å². The number of allylic oxidation sites excluding steroid dienone is 2. The van der Waals surface area contributed by atoms with Gasteiger partial charge >= 0.3 is 6.18 Å². The monoisotopic (exact) mass is 514 g/mol. The third-order valence-electron chi connectivity index (χ3n) is 5.59. The van der Waals surface area contributed by atoms with Crippen LogP contribution in [0.15, 0.2) is 47.6 Å². The lowest BCUT2D eigenvalue weighted by molar-refractivity contribution is -0.124. The molecule has 0 radical (unpaired) electrons. The molecule has 0 fully saturated rings. The number of oxime groups is 1. The van der Waals surface area contributed by atoms with E-state index in [0.717, 1.165) is 29.3 Å². The highest BCUT2D eigenvalue weighted by atomic mass is 35.5. The van der Waals surface area contributed by atoms with Crippen LogP contribution in [0.1, 0.15) is 48.1 Å². The molecule has 2 atom stereocenters. The Balaban J connectivity index is 1.90. The van der Waals surface area contributed by atoms with Crippen molar-refractivity contribution in [2.45, 2.75) is 44.5 Å². The molecule has 1 aliphatic rings. The van der Waals surface area contributed by atoms with Crippen LogP contribution in [0.3, 0.4) is 0 Å². The van der Waals surface area contributed by atoms with Crippen molar-refractivity contribution in [2.24, 2.45) is 5.16 Å². The van der Waals surface area contributed by atoms with Crippen LogP contribution < -0.4 is 5.32 Å². The van der Waals surface area contributed by atoms with Gasteiger partial charge in [-0.25, -0.2) is 0 Å². The van der Waals surface area contributed by atoms with Gasteiger partial charge in [-0.2, -0.15) is 13.2 Å². The summed E-state index contributed by atoms with van der Waals surface area (Å²) in [5.41, 5.74) is 0.462. The standard InChI is InChI=1S/C24H23Cl2F3N2O3/c1-13(34-2)7-23(32)30-21-6-4-14-8-15(3-5-19(14)21)22(31-33)12-20(24(27,28)29)16-9-17(25)11-18(26)10-16/h3,5,8-13,21,33H,4,6-7H2,1-2H3,(H,30,32)/b20-12+,31-22-. The largest absolute Gasteiger partial charge is 0.417 e. The molecule has 0 spiro atoms. The Labute approximate surface area is 205 Å². The molecule has 1 amide bonds. The van der Waals surface area contributed by atoms with Crippen molar-refractivity contribution in [1.29, 1.82) is 0 Å². The lowest BCUT2D eigenvalue weighted by Gasteiger charge is -2.16. The second-order valence-electron chi connectivity index (χ2n) is 8.02. The number of nitrogens with one attached hydrogen (secondary N) is 1. The van der Waals surface area contributed by atoms with Gasteiger partial charge in [-0.3, -0.25) is 4.79 Å². The van der Waals surface area contributed by atoms with E-state index in [1.165, 1.54) is 13.2 Å². The predicted octanol–water partition coefficient (Wildman–Crippen LogP) is 6.35. The molecular weight excluding hydrogens is 492 g/mol. The van der Waals surface area contributed by atoms with Crippen molar-refractivity contribution in [3.05, 3.63) is 74.8 Å². The van der Waals surface area contributed by atoms with Crippen LogP contribution in [-0.4, -0.2) is 36.2 Å². The highest BCUT2D eigenvalue weighted by Gasteiger charge is 2.35. The van der Waals surface area contributed by atoms with E-state index in [9.17, 15) is 23.2 Å².